The molecule has 16 heavy (non-hydrogen) atoms. The molecule has 0 saturated heterocycles. The summed E-state index contributed by atoms with van der Waals surface area (Å²) in [6, 6.07) is 0. The van der Waals surface area contributed by atoms with Gasteiger partial charge in [0.15, 0.2) is 5.13 Å². The van der Waals surface area contributed by atoms with Crippen molar-refractivity contribution in [2.45, 2.75) is 19.9 Å². The van der Waals surface area contributed by atoms with Crippen LogP contribution in [0.4, 0.5) is 10.8 Å². The number of hydrogen-bond donors (Lipinski definition) is 2. The molecule has 0 atom stereocenters. The second-order valence-corrected chi connectivity index (χ2v) is 4.32. The van der Waals surface area contributed by atoms with Crippen molar-refractivity contribution in [3.05, 3.63) is 23.5 Å². The predicted molar refractivity (Wildman–Crippen MR) is 66.6 cm³/mol. The molecule has 0 aliphatic heterocycles. The van der Waals surface area contributed by atoms with E-state index in [2.05, 4.69) is 27.7 Å². The van der Waals surface area contributed by atoms with Gasteiger partial charge in [-0.15, -0.1) is 11.3 Å². The summed E-state index contributed by atoms with van der Waals surface area (Å²) in [6.45, 7) is 3.70. The standard InChI is InChI=1S/C10H15N5S/c1-2-9-7-16-10(14-9)12-3-4-15-6-8(11)5-13-15/h5-7H,2-4,11H2,1H3,(H,12,14). The summed E-state index contributed by atoms with van der Waals surface area (Å²) in [5.41, 5.74) is 7.40. The van der Waals surface area contributed by atoms with Crippen molar-refractivity contribution >= 4 is 22.2 Å². The van der Waals surface area contributed by atoms with Crippen LogP contribution in [0.1, 0.15) is 12.6 Å². The van der Waals surface area contributed by atoms with Crippen LogP contribution in [0, 0.1) is 0 Å². The quantitative estimate of drug-likeness (QED) is 0.828. The maximum atomic E-state index is 5.57. The van der Waals surface area contributed by atoms with Crippen LogP contribution in [-0.2, 0) is 13.0 Å². The molecule has 5 nitrogen and oxygen atoms in total. The summed E-state index contributed by atoms with van der Waals surface area (Å²) < 4.78 is 1.82. The minimum absolute atomic E-state index is 0.697. The molecule has 0 spiro atoms. The van der Waals surface area contributed by atoms with Crippen LogP contribution in [-0.4, -0.2) is 21.3 Å². The van der Waals surface area contributed by atoms with Crippen LogP contribution in [0.2, 0.25) is 0 Å². The highest BCUT2D eigenvalue weighted by Crippen LogP contribution is 2.15. The molecular weight excluding hydrogens is 222 g/mol. The van der Waals surface area contributed by atoms with E-state index in [1.165, 1.54) is 0 Å². The van der Waals surface area contributed by atoms with Gasteiger partial charge in [0.2, 0.25) is 0 Å². The van der Waals surface area contributed by atoms with Gasteiger partial charge in [0, 0.05) is 18.1 Å². The first-order valence-corrected chi connectivity index (χ1v) is 6.12. The van der Waals surface area contributed by atoms with E-state index >= 15 is 0 Å². The average molecular weight is 237 g/mol. The molecule has 0 unspecified atom stereocenters. The molecule has 2 aromatic rings. The highest BCUT2D eigenvalue weighted by molar-refractivity contribution is 7.13. The molecule has 2 aromatic heterocycles. The first kappa shape index (κ1) is 10.9. The number of aryl methyl sites for hydroxylation is 1. The van der Waals surface area contributed by atoms with E-state index in [-0.39, 0.29) is 0 Å². The minimum atomic E-state index is 0.697. The van der Waals surface area contributed by atoms with Crippen molar-refractivity contribution in [2.75, 3.05) is 17.6 Å². The Hall–Kier alpha value is -1.56. The number of hydrogen-bond acceptors (Lipinski definition) is 5. The molecule has 2 heterocycles. The van der Waals surface area contributed by atoms with Gasteiger partial charge in [-0.05, 0) is 6.42 Å². The fourth-order valence-electron chi connectivity index (χ4n) is 1.33. The number of nitrogen functional groups attached to an aromatic ring is 1. The number of nitrogens with two attached hydrogens (primary N) is 1. The second-order valence-electron chi connectivity index (χ2n) is 3.46. The molecule has 3 N–H and O–H groups in total. The Morgan fingerprint density at radius 1 is 1.56 bits per heavy atom. The van der Waals surface area contributed by atoms with Gasteiger partial charge in [-0.1, -0.05) is 6.92 Å². The smallest absolute Gasteiger partial charge is 0.182 e. The first-order chi connectivity index (χ1) is 7.78. The van der Waals surface area contributed by atoms with E-state index < -0.39 is 0 Å². The number of nitrogens with one attached hydrogen (secondary N) is 1. The largest absolute Gasteiger partial charge is 0.396 e. The van der Waals surface area contributed by atoms with Crippen molar-refractivity contribution < 1.29 is 0 Å². The van der Waals surface area contributed by atoms with Gasteiger partial charge in [0.1, 0.15) is 0 Å². The molecule has 2 rings (SSSR count). The van der Waals surface area contributed by atoms with Crippen LogP contribution in [0.25, 0.3) is 0 Å². The Labute approximate surface area is 98.3 Å². The number of anilines is 2. The van der Waals surface area contributed by atoms with Gasteiger partial charge < -0.3 is 11.1 Å². The van der Waals surface area contributed by atoms with Crippen molar-refractivity contribution in [3.63, 3.8) is 0 Å². The number of rotatable bonds is 5. The summed E-state index contributed by atoms with van der Waals surface area (Å²) >= 11 is 1.64. The van der Waals surface area contributed by atoms with Crippen molar-refractivity contribution in [3.8, 4) is 0 Å². The SMILES string of the molecule is CCc1csc(NCCn2cc(N)cn2)n1. The van der Waals surface area contributed by atoms with Gasteiger partial charge in [0.25, 0.3) is 0 Å². The summed E-state index contributed by atoms with van der Waals surface area (Å²) in [5.74, 6) is 0. The first-order valence-electron chi connectivity index (χ1n) is 5.24. The van der Waals surface area contributed by atoms with Gasteiger partial charge in [-0.2, -0.15) is 5.10 Å². The third-order valence-corrected chi connectivity index (χ3v) is 3.03. The Balaban J connectivity index is 1.79. The molecule has 86 valence electrons. The van der Waals surface area contributed by atoms with Crippen molar-refractivity contribution in [1.29, 1.82) is 0 Å². The van der Waals surface area contributed by atoms with Gasteiger partial charge >= 0.3 is 0 Å². The molecular formula is C10H15N5S. The van der Waals surface area contributed by atoms with Crippen LogP contribution in [0.15, 0.2) is 17.8 Å². The van der Waals surface area contributed by atoms with Gasteiger partial charge in [-0.25, -0.2) is 4.98 Å². The highest BCUT2D eigenvalue weighted by Gasteiger charge is 1.99. The number of aromatic nitrogens is 3. The molecule has 0 aliphatic rings. The Morgan fingerprint density at radius 3 is 3.06 bits per heavy atom. The number of thiazole rings is 1. The van der Waals surface area contributed by atoms with Gasteiger partial charge in [-0.3, -0.25) is 4.68 Å². The highest BCUT2D eigenvalue weighted by atomic mass is 32.1. The Morgan fingerprint density at radius 2 is 2.44 bits per heavy atom. The summed E-state index contributed by atoms with van der Waals surface area (Å²) in [5, 5.41) is 10.4. The lowest BCUT2D eigenvalue weighted by molar-refractivity contribution is 0.638. The fourth-order valence-corrected chi connectivity index (χ4v) is 2.15. The normalized spacial score (nSPS) is 10.6. The molecule has 6 heteroatoms. The van der Waals surface area contributed by atoms with Crippen LogP contribution in [0.3, 0.4) is 0 Å². The average Bonchev–Trinajstić information content (AvgIpc) is 2.88. The topological polar surface area (TPSA) is 68.8 Å². The number of nitrogens with zero attached hydrogens (tertiary/aromatic N) is 3. The molecule has 0 saturated carbocycles. The zero-order valence-electron chi connectivity index (χ0n) is 9.18. The fraction of sp³-hybridized carbons (Fsp3) is 0.400. The third-order valence-electron chi connectivity index (χ3n) is 2.18. The third kappa shape index (κ3) is 2.73. The molecule has 0 fully saturated rings. The lowest BCUT2D eigenvalue weighted by atomic mass is 10.4. The molecule has 0 aliphatic carbocycles. The van der Waals surface area contributed by atoms with E-state index in [0.29, 0.717) is 5.69 Å². The molecule has 0 aromatic carbocycles. The van der Waals surface area contributed by atoms with Crippen LogP contribution >= 0.6 is 11.3 Å². The zero-order valence-corrected chi connectivity index (χ0v) is 10.00. The van der Waals surface area contributed by atoms with Crippen LogP contribution < -0.4 is 11.1 Å². The predicted octanol–water partition coefficient (Wildman–Crippen LogP) is 1.60. The maximum absolute atomic E-state index is 5.57. The Bertz CT molecular complexity index is 448. The molecule has 0 radical (unpaired) electrons. The van der Waals surface area contributed by atoms with E-state index in [9.17, 15) is 0 Å². The maximum Gasteiger partial charge on any atom is 0.182 e. The second kappa shape index (κ2) is 4.98. The van der Waals surface area contributed by atoms with Crippen molar-refractivity contribution in [2.24, 2.45) is 0 Å². The van der Waals surface area contributed by atoms with Crippen LogP contribution in [0.5, 0.6) is 0 Å². The summed E-state index contributed by atoms with van der Waals surface area (Å²) in [7, 11) is 0. The zero-order chi connectivity index (χ0) is 11.4. The summed E-state index contributed by atoms with van der Waals surface area (Å²) in [4.78, 5) is 4.42. The van der Waals surface area contributed by atoms with Crippen molar-refractivity contribution in [1.82, 2.24) is 14.8 Å². The van der Waals surface area contributed by atoms with E-state index in [0.717, 1.165) is 30.3 Å². The van der Waals surface area contributed by atoms with Gasteiger partial charge in [0.05, 0.1) is 24.1 Å². The molecule has 0 amide bonds. The Kier molecular flexibility index (Phi) is 3.40. The lowest BCUT2D eigenvalue weighted by Gasteiger charge is -2.02. The van der Waals surface area contributed by atoms with E-state index in [4.69, 9.17) is 5.73 Å². The summed E-state index contributed by atoms with van der Waals surface area (Å²) in [6.07, 6.45) is 4.45. The monoisotopic (exact) mass is 237 g/mol. The lowest BCUT2D eigenvalue weighted by Crippen LogP contribution is -2.10. The molecule has 0 bridgehead atoms. The minimum Gasteiger partial charge on any atom is -0.396 e. The van der Waals surface area contributed by atoms with E-state index in [1.54, 1.807) is 17.5 Å². The van der Waals surface area contributed by atoms with E-state index in [1.807, 2.05) is 10.9 Å².